The molecule has 1 amide bonds. The molecule has 2 aromatic heterocycles. The minimum Gasteiger partial charge on any atom is -0.369 e. The van der Waals surface area contributed by atoms with E-state index in [1.165, 1.54) is 6.33 Å². The van der Waals surface area contributed by atoms with E-state index in [1.807, 2.05) is 31.2 Å². The minimum atomic E-state index is -0.298. The number of nitrogens with zero attached hydrogens (tertiary/aromatic N) is 4. The van der Waals surface area contributed by atoms with Crippen LogP contribution in [-0.4, -0.2) is 31.8 Å². The number of carbonyl (C=O) groups is 1. The molecule has 0 saturated carbocycles. The number of carbonyl (C=O) groups excluding carboxylic acids is 1. The zero-order chi connectivity index (χ0) is 16.2. The SMILES string of the molecule is Cc1nc(N=C(N)NC(=O)Cc2cnc[nH]2)nc2ccccc12. The molecule has 0 aliphatic rings. The smallest absolute Gasteiger partial charge is 0.253 e. The van der Waals surface area contributed by atoms with Crippen molar-refractivity contribution in [3.8, 4) is 0 Å². The van der Waals surface area contributed by atoms with E-state index in [1.54, 1.807) is 6.20 Å². The molecule has 8 nitrogen and oxygen atoms in total. The number of rotatable bonds is 3. The van der Waals surface area contributed by atoms with Gasteiger partial charge in [-0.15, -0.1) is 0 Å². The molecule has 0 unspecified atom stereocenters. The molecule has 0 saturated heterocycles. The van der Waals surface area contributed by atoms with Gasteiger partial charge in [0.05, 0.1) is 24.0 Å². The molecular formula is C15H15N7O. The number of amides is 1. The summed E-state index contributed by atoms with van der Waals surface area (Å²) in [5.41, 5.74) is 8.00. The molecule has 0 bridgehead atoms. The van der Waals surface area contributed by atoms with Gasteiger partial charge in [0.1, 0.15) is 0 Å². The molecule has 116 valence electrons. The molecule has 3 aromatic rings. The highest BCUT2D eigenvalue weighted by molar-refractivity contribution is 5.97. The van der Waals surface area contributed by atoms with Gasteiger partial charge >= 0.3 is 0 Å². The van der Waals surface area contributed by atoms with Gasteiger partial charge in [0.25, 0.3) is 5.95 Å². The van der Waals surface area contributed by atoms with Crippen molar-refractivity contribution < 1.29 is 4.79 Å². The van der Waals surface area contributed by atoms with Gasteiger partial charge in [-0.25, -0.2) is 15.0 Å². The van der Waals surface area contributed by atoms with Crippen LogP contribution < -0.4 is 11.1 Å². The number of nitrogens with one attached hydrogen (secondary N) is 2. The van der Waals surface area contributed by atoms with E-state index >= 15 is 0 Å². The zero-order valence-electron chi connectivity index (χ0n) is 12.4. The van der Waals surface area contributed by atoms with E-state index in [0.29, 0.717) is 5.69 Å². The van der Waals surface area contributed by atoms with Crippen LogP contribution >= 0.6 is 0 Å². The summed E-state index contributed by atoms with van der Waals surface area (Å²) in [6.45, 7) is 1.87. The number of benzene rings is 1. The zero-order valence-corrected chi connectivity index (χ0v) is 12.4. The van der Waals surface area contributed by atoms with Gasteiger partial charge in [-0.2, -0.15) is 4.99 Å². The second-order valence-electron chi connectivity index (χ2n) is 4.93. The molecule has 0 atom stereocenters. The van der Waals surface area contributed by atoms with Crippen LogP contribution in [-0.2, 0) is 11.2 Å². The fourth-order valence-corrected chi connectivity index (χ4v) is 2.15. The summed E-state index contributed by atoms with van der Waals surface area (Å²) < 4.78 is 0. The number of aromatic nitrogens is 4. The first kappa shape index (κ1) is 14.6. The Morgan fingerprint density at radius 2 is 2.17 bits per heavy atom. The number of para-hydroxylation sites is 1. The minimum absolute atomic E-state index is 0.0517. The molecular weight excluding hydrogens is 294 g/mol. The topological polar surface area (TPSA) is 122 Å². The molecule has 2 heterocycles. The van der Waals surface area contributed by atoms with E-state index in [9.17, 15) is 4.79 Å². The van der Waals surface area contributed by atoms with Crippen molar-refractivity contribution in [3.05, 3.63) is 48.2 Å². The van der Waals surface area contributed by atoms with Gasteiger partial charge in [0, 0.05) is 17.3 Å². The number of aromatic amines is 1. The second-order valence-corrected chi connectivity index (χ2v) is 4.93. The lowest BCUT2D eigenvalue weighted by molar-refractivity contribution is -0.119. The number of nitrogens with two attached hydrogens (primary N) is 1. The predicted molar refractivity (Wildman–Crippen MR) is 86.0 cm³/mol. The highest BCUT2D eigenvalue weighted by Gasteiger charge is 2.08. The highest BCUT2D eigenvalue weighted by atomic mass is 16.1. The van der Waals surface area contributed by atoms with Crippen molar-refractivity contribution in [2.24, 2.45) is 10.7 Å². The average molecular weight is 309 g/mol. The van der Waals surface area contributed by atoms with Gasteiger partial charge in [-0.3, -0.25) is 10.1 Å². The summed E-state index contributed by atoms with van der Waals surface area (Å²) in [7, 11) is 0. The Balaban J connectivity index is 1.76. The standard InChI is InChI=1S/C15H15N7O/c1-9-11-4-2-3-5-12(11)20-15(19-9)22-14(16)21-13(23)6-10-7-17-8-18-10/h2-5,7-8H,6H2,1H3,(H,17,18)(H3,16,19,20,21,22,23). The maximum absolute atomic E-state index is 11.8. The second kappa shape index (κ2) is 6.22. The Hall–Kier alpha value is -3.29. The third-order valence-corrected chi connectivity index (χ3v) is 3.18. The maximum atomic E-state index is 11.8. The van der Waals surface area contributed by atoms with E-state index < -0.39 is 0 Å². The van der Waals surface area contributed by atoms with Gasteiger partial charge in [0.15, 0.2) is 0 Å². The number of hydrogen-bond acceptors (Lipinski definition) is 5. The van der Waals surface area contributed by atoms with Gasteiger partial charge < -0.3 is 10.7 Å². The van der Waals surface area contributed by atoms with Crippen LogP contribution in [0.2, 0.25) is 0 Å². The summed E-state index contributed by atoms with van der Waals surface area (Å²) >= 11 is 0. The van der Waals surface area contributed by atoms with Gasteiger partial charge in [-0.1, -0.05) is 18.2 Å². The Kier molecular flexibility index (Phi) is 3.96. The Morgan fingerprint density at radius 3 is 2.96 bits per heavy atom. The molecule has 0 aliphatic heterocycles. The summed E-state index contributed by atoms with van der Waals surface area (Å²) in [5.74, 6) is -0.141. The molecule has 0 aliphatic carbocycles. The average Bonchev–Trinajstić information content (AvgIpc) is 2.99. The van der Waals surface area contributed by atoms with Gasteiger partial charge in [-0.05, 0) is 13.0 Å². The maximum Gasteiger partial charge on any atom is 0.253 e. The summed E-state index contributed by atoms with van der Waals surface area (Å²) in [6.07, 6.45) is 3.21. The van der Waals surface area contributed by atoms with Crippen LogP contribution in [0, 0.1) is 6.92 Å². The summed E-state index contributed by atoms with van der Waals surface area (Å²) in [4.78, 5) is 31.2. The first-order valence-electron chi connectivity index (χ1n) is 6.96. The number of aryl methyl sites for hydroxylation is 1. The number of aliphatic imine (C=N–C) groups is 1. The van der Waals surface area contributed by atoms with Crippen LogP contribution in [0.15, 0.2) is 41.8 Å². The first-order chi connectivity index (χ1) is 11.1. The molecule has 8 heteroatoms. The van der Waals surface area contributed by atoms with E-state index in [-0.39, 0.29) is 24.2 Å². The van der Waals surface area contributed by atoms with Crippen molar-refractivity contribution in [2.75, 3.05) is 0 Å². The quantitative estimate of drug-likeness (QED) is 0.491. The fraction of sp³-hybridized carbons (Fsp3) is 0.133. The lowest BCUT2D eigenvalue weighted by Gasteiger charge is -2.05. The third kappa shape index (κ3) is 3.49. The van der Waals surface area contributed by atoms with Gasteiger partial charge in [0.2, 0.25) is 11.9 Å². The lowest BCUT2D eigenvalue weighted by Crippen LogP contribution is -2.37. The number of fused-ring (bicyclic) bond motifs is 1. The van der Waals surface area contributed by atoms with Crippen LogP contribution in [0.25, 0.3) is 10.9 Å². The molecule has 0 spiro atoms. The largest absolute Gasteiger partial charge is 0.369 e. The first-order valence-corrected chi connectivity index (χ1v) is 6.96. The van der Waals surface area contributed by atoms with Crippen LogP contribution in [0.4, 0.5) is 5.95 Å². The summed E-state index contributed by atoms with van der Waals surface area (Å²) in [5, 5.41) is 3.45. The van der Waals surface area contributed by atoms with Crippen LogP contribution in [0.3, 0.4) is 0 Å². The fourth-order valence-electron chi connectivity index (χ4n) is 2.15. The van der Waals surface area contributed by atoms with Crippen LogP contribution in [0.1, 0.15) is 11.4 Å². The number of hydrogen-bond donors (Lipinski definition) is 3. The van der Waals surface area contributed by atoms with E-state index in [0.717, 1.165) is 16.6 Å². The third-order valence-electron chi connectivity index (χ3n) is 3.18. The van der Waals surface area contributed by atoms with Crippen LogP contribution in [0.5, 0.6) is 0 Å². The van der Waals surface area contributed by atoms with E-state index in [2.05, 4.69) is 30.2 Å². The van der Waals surface area contributed by atoms with Crippen molar-refractivity contribution in [1.29, 1.82) is 0 Å². The van der Waals surface area contributed by atoms with Crippen molar-refractivity contribution in [2.45, 2.75) is 13.3 Å². The van der Waals surface area contributed by atoms with Crippen molar-refractivity contribution in [1.82, 2.24) is 25.3 Å². The predicted octanol–water partition coefficient (Wildman–Crippen LogP) is 0.966. The molecule has 3 rings (SSSR count). The number of imidazole rings is 1. The normalized spacial score (nSPS) is 11.6. The molecule has 23 heavy (non-hydrogen) atoms. The number of H-pyrrole nitrogens is 1. The Bertz CT molecular complexity index is 871. The summed E-state index contributed by atoms with van der Waals surface area (Å²) in [6, 6.07) is 7.62. The molecule has 1 aromatic carbocycles. The highest BCUT2D eigenvalue weighted by Crippen LogP contribution is 2.17. The van der Waals surface area contributed by atoms with Crippen molar-refractivity contribution in [3.63, 3.8) is 0 Å². The van der Waals surface area contributed by atoms with Crippen molar-refractivity contribution >= 4 is 28.7 Å². The van der Waals surface area contributed by atoms with E-state index in [4.69, 9.17) is 5.73 Å². The molecule has 0 fully saturated rings. The molecule has 0 radical (unpaired) electrons. The monoisotopic (exact) mass is 309 g/mol. The molecule has 4 N–H and O–H groups in total. The number of guanidine groups is 1. The Labute approximate surface area is 131 Å². The lowest BCUT2D eigenvalue weighted by atomic mass is 10.2. The Morgan fingerprint density at radius 1 is 1.35 bits per heavy atom.